The van der Waals surface area contributed by atoms with Crippen LogP contribution in [0.25, 0.3) is 0 Å². The minimum atomic E-state index is -0.514. The molecule has 1 rings (SSSR count). The van der Waals surface area contributed by atoms with Crippen molar-refractivity contribution in [1.29, 1.82) is 0 Å². The average Bonchev–Trinajstić information content (AvgIpc) is 2.12. The van der Waals surface area contributed by atoms with Crippen LogP contribution in [0.4, 0.5) is 10.1 Å². The van der Waals surface area contributed by atoms with E-state index in [2.05, 4.69) is 0 Å². The van der Waals surface area contributed by atoms with Gasteiger partial charge >= 0.3 is 5.97 Å². The molecule has 0 heterocycles. The van der Waals surface area contributed by atoms with Crippen molar-refractivity contribution in [1.82, 2.24) is 0 Å². The molecule has 0 radical (unpaired) electrons. The highest BCUT2D eigenvalue weighted by Gasteiger charge is 2.05. The highest BCUT2D eigenvalue weighted by molar-refractivity contribution is 5.72. The van der Waals surface area contributed by atoms with Gasteiger partial charge in [0.25, 0.3) is 0 Å². The van der Waals surface area contributed by atoms with Gasteiger partial charge in [0.1, 0.15) is 11.6 Å². The molecule has 0 atom stereocenters. The van der Waals surface area contributed by atoms with Crippen molar-refractivity contribution in [2.75, 3.05) is 5.73 Å². The predicted molar refractivity (Wildman–Crippen MR) is 51.4 cm³/mol. The van der Waals surface area contributed by atoms with E-state index in [1.807, 2.05) is 6.92 Å². The number of anilines is 1. The van der Waals surface area contributed by atoms with Crippen molar-refractivity contribution >= 4 is 11.7 Å². The second-order valence-electron chi connectivity index (χ2n) is 2.91. The minimum Gasteiger partial charge on any atom is -0.426 e. The van der Waals surface area contributed by atoms with E-state index in [-0.39, 0.29) is 17.4 Å². The molecule has 4 heteroatoms. The lowest BCUT2D eigenvalue weighted by Crippen LogP contribution is -2.07. The Hall–Kier alpha value is -1.58. The number of hydrogen-bond acceptors (Lipinski definition) is 3. The summed E-state index contributed by atoms with van der Waals surface area (Å²) in [5, 5.41) is 0. The summed E-state index contributed by atoms with van der Waals surface area (Å²) < 4.78 is 17.6. The summed E-state index contributed by atoms with van der Waals surface area (Å²) in [7, 11) is 0. The van der Waals surface area contributed by atoms with Gasteiger partial charge in [-0.1, -0.05) is 6.92 Å². The summed E-state index contributed by atoms with van der Waals surface area (Å²) in [6.45, 7) is 1.88. The van der Waals surface area contributed by atoms with Gasteiger partial charge in [-0.15, -0.1) is 0 Å². The number of benzene rings is 1. The van der Waals surface area contributed by atoms with Crippen LogP contribution in [0.2, 0.25) is 0 Å². The molecular formula is C10H12FNO2. The molecule has 76 valence electrons. The van der Waals surface area contributed by atoms with Crippen LogP contribution in [0, 0.1) is 5.82 Å². The third-order valence-electron chi connectivity index (χ3n) is 1.65. The molecular weight excluding hydrogens is 185 g/mol. The smallest absolute Gasteiger partial charge is 0.311 e. The van der Waals surface area contributed by atoms with Gasteiger partial charge < -0.3 is 10.5 Å². The Morgan fingerprint density at radius 2 is 2.29 bits per heavy atom. The van der Waals surface area contributed by atoms with Gasteiger partial charge in [0.05, 0.1) is 5.69 Å². The first-order valence-electron chi connectivity index (χ1n) is 4.39. The molecule has 0 aliphatic heterocycles. The van der Waals surface area contributed by atoms with Gasteiger partial charge in [0.2, 0.25) is 0 Å². The van der Waals surface area contributed by atoms with Crippen LogP contribution >= 0.6 is 0 Å². The zero-order valence-corrected chi connectivity index (χ0v) is 7.92. The largest absolute Gasteiger partial charge is 0.426 e. The number of nitrogen functional groups attached to an aromatic ring is 1. The van der Waals surface area contributed by atoms with E-state index >= 15 is 0 Å². The highest BCUT2D eigenvalue weighted by atomic mass is 19.1. The Labute approximate surface area is 81.7 Å². The molecule has 0 amide bonds. The Bertz CT molecular complexity index is 339. The van der Waals surface area contributed by atoms with E-state index in [1.54, 1.807) is 0 Å². The maximum Gasteiger partial charge on any atom is 0.311 e. The summed E-state index contributed by atoms with van der Waals surface area (Å²) in [4.78, 5) is 11.1. The number of nitrogens with two attached hydrogens (primary N) is 1. The van der Waals surface area contributed by atoms with Gasteiger partial charge in [-0.2, -0.15) is 0 Å². The van der Waals surface area contributed by atoms with Crippen LogP contribution in [-0.2, 0) is 4.79 Å². The average molecular weight is 197 g/mol. The van der Waals surface area contributed by atoms with E-state index in [0.29, 0.717) is 6.42 Å². The first kappa shape index (κ1) is 10.5. The van der Waals surface area contributed by atoms with E-state index in [9.17, 15) is 9.18 Å². The van der Waals surface area contributed by atoms with E-state index in [4.69, 9.17) is 10.5 Å². The van der Waals surface area contributed by atoms with Gasteiger partial charge in [0.15, 0.2) is 0 Å². The molecule has 1 aromatic rings. The number of ether oxygens (including phenoxy) is 1. The van der Waals surface area contributed by atoms with Crippen molar-refractivity contribution in [3.05, 3.63) is 24.0 Å². The Kier molecular flexibility index (Phi) is 3.45. The molecule has 0 saturated carbocycles. The molecule has 1 aromatic carbocycles. The maximum atomic E-state index is 12.7. The van der Waals surface area contributed by atoms with Crippen LogP contribution in [0.15, 0.2) is 18.2 Å². The topological polar surface area (TPSA) is 52.3 Å². The van der Waals surface area contributed by atoms with Crippen molar-refractivity contribution in [2.24, 2.45) is 0 Å². The Morgan fingerprint density at radius 1 is 1.57 bits per heavy atom. The lowest BCUT2D eigenvalue weighted by Gasteiger charge is -2.04. The minimum absolute atomic E-state index is 0.0215. The fraction of sp³-hybridized carbons (Fsp3) is 0.300. The molecule has 0 aromatic heterocycles. The fourth-order valence-electron chi connectivity index (χ4n) is 0.972. The summed E-state index contributed by atoms with van der Waals surface area (Å²) in [5.41, 5.74) is 5.28. The number of esters is 1. The first-order valence-corrected chi connectivity index (χ1v) is 4.39. The zero-order valence-electron chi connectivity index (χ0n) is 7.92. The normalized spacial score (nSPS) is 9.86. The number of halogens is 1. The quantitative estimate of drug-likeness (QED) is 0.458. The first-order chi connectivity index (χ1) is 6.63. The van der Waals surface area contributed by atoms with E-state index in [0.717, 1.165) is 6.42 Å². The second kappa shape index (κ2) is 4.60. The van der Waals surface area contributed by atoms with Crippen molar-refractivity contribution in [3.8, 4) is 5.75 Å². The Morgan fingerprint density at radius 3 is 2.86 bits per heavy atom. The summed E-state index contributed by atoms with van der Waals surface area (Å²) in [6.07, 6.45) is 1.06. The molecule has 0 spiro atoms. The lowest BCUT2D eigenvalue weighted by molar-refractivity contribution is -0.134. The van der Waals surface area contributed by atoms with Crippen LogP contribution in [-0.4, -0.2) is 5.97 Å². The third-order valence-corrected chi connectivity index (χ3v) is 1.65. The lowest BCUT2D eigenvalue weighted by atomic mass is 10.3. The molecule has 0 saturated heterocycles. The van der Waals surface area contributed by atoms with Crippen LogP contribution < -0.4 is 10.5 Å². The number of carbonyl (C=O) groups excluding carboxylic acids is 1. The second-order valence-corrected chi connectivity index (χ2v) is 2.91. The molecule has 0 aliphatic carbocycles. The van der Waals surface area contributed by atoms with Crippen LogP contribution in [0.5, 0.6) is 5.75 Å². The van der Waals surface area contributed by atoms with Crippen molar-refractivity contribution in [3.63, 3.8) is 0 Å². The molecule has 14 heavy (non-hydrogen) atoms. The standard InChI is InChI=1S/C10H12FNO2/c1-2-3-10(13)14-7-4-5-8(11)9(12)6-7/h4-6H,2-3,12H2,1H3. The van der Waals surface area contributed by atoms with E-state index in [1.165, 1.54) is 18.2 Å². The van der Waals surface area contributed by atoms with Crippen molar-refractivity contribution in [2.45, 2.75) is 19.8 Å². The third kappa shape index (κ3) is 2.73. The number of hydrogen-bond donors (Lipinski definition) is 1. The molecule has 0 fully saturated rings. The van der Waals surface area contributed by atoms with Gasteiger partial charge in [0, 0.05) is 12.5 Å². The highest BCUT2D eigenvalue weighted by Crippen LogP contribution is 2.18. The SMILES string of the molecule is CCCC(=O)Oc1ccc(F)c(N)c1. The molecule has 3 nitrogen and oxygen atoms in total. The predicted octanol–water partition coefficient (Wildman–Crippen LogP) is 2.11. The summed E-state index contributed by atoms with van der Waals surface area (Å²) >= 11 is 0. The van der Waals surface area contributed by atoms with E-state index < -0.39 is 5.82 Å². The molecule has 0 aliphatic rings. The monoisotopic (exact) mass is 197 g/mol. The van der Waals surface area contributed by atoms with Gasteiger partial charge in [-0.3, -0.25) is 4.79 Å². The Balaban J connectivity index is 2.68. The van der Waals surface area contributed by atoms with Crippen LogP contribution in [0.1, 0.15) is 19.8 Å². The fourth-order valence-corrected chi connectivity index (χ4v) is 0.972. The number of carbonyl (C=O) groups is 1. The van der Waals surface area contributed by atoms with Gasteiger partial charge in [-0.05, 0) is 18.6 Å². The molecule has 2 N–H and O–H groups in total. The van der Waals surface area contributed by atoms with Gasteiger partial charge in [-0.25, -0.2) is 4.39 Å². The summed E-state index contributed by atoms with van der Waals surface area (Å²) in [5.74, 6) is -0.568. The maximum absolute atomic E-state index is 12.7. The zero-order chi connectivity index (χ0) is 10.6. The van der Waals surface area contributed by atoms with Crippen molar-refractivity contribution < 1.29 is 13.9 Å². The molecule has 0 unspecified atom stereocenters. The number of rotatable bonds is 3. The molecule has 0 bridgehead atoms. The van der Waals surface area contributed by atoms with Crippen LogP contribution in [0.3, 0.4) is 0 Å². The summed E-state index contributed by atoms with van der Waals surface area (Å²) in [6, 6.07) is 3.84.